The molecule has 0 amide bonds. The lowest BCUT2D eigenvalue weighted by atomic mass is 9.89. The van der Waals surface area contributed by atoms with Crippen LogP contribution in [-0.4, -0.2) is 43.1 Å². The van der Waals surface area contributed by atoms with Crippen LogP contribution in [0.15, 0.2) is 83.5 Å². The molecule has 2 aromatic heterocycles. The number of para-hydroxylation sites is 2. The van der Waals surface area contributed by atoms with Gasteiger partial charge in [-0.3, -0.25) is 19.9 Å². The molecule has 7 heteroatoms. The molecule has 0 saturated heterocycles. The Morgan fingerprint density at radius 1 is 1.00 bits per heavy atom. The molecule has 0 saturated carbocycles. The summed E-state index contributed by atoms with van der Waals surface area (Å²) in [5.41, 5.74) is 8.92. The van der Waals surface area contributed by atoms with Gasteiger partial charge < -0.3 is 10.3 Å². The number of H-pyrrole nitrogens is 1. The normalized spacial score (nSPS) is 19.1. The summed E-state index contributed by atoms with van der Waals surface area (Å²) in [7, 11) is 0. The van der Waals surface area contributed by atoms with Crippen molar-refractivity contribution >= 4 is 17.2 Å². The topological polar surface area (TPSA) is 82.1 Å². The van der Waals surface area contributed by atoms with Crippen LogP contribution in [0, 0.1) is 13.8 Å². The number of aromatic amines is 1. The minimum Gasteiger partial charge on any atom is -0.341 e. The van der Waals surface area contributed by atoms with Crippen molar-refractivity contribution in [3.63, 3.8) is 0 Å². The molecule has 6 rings (SSSR count). The molecule has 0 spiro atoms. The third kappa shape index (κ3) is 5.96. The van der Waals surface area contributed by atoms with E-state index in [9.17, 15) is 0 Å². The fourth-order valence-electron chi connectivity index (χ4n) is 5.79. The predicted molar refractivity (Wildman–Crippen MR) is 161 cm³/mol. The summed E-state index contributed by atoms with van der Waals surface area (Å²) in [5, 5.41) is 3.61. The van der Waals surface area contributed by atoms with E-state index in [0.717, 1.165) is 66.4 Å². The van der Waals surface area contributed by atoms with Crippen molar-refractivity contribution < 1.29 is 0 Å². The van der Waals surface area contributed by atoms with Gasteiger partial charge in [-0.2, -0.15) is 0 Å². The monoisotopic (exact) mass is 531 g/mol. The van der Waals surface area contributed by atoms with E-state index >= 15 is 0 Å². The number of imidazole rings is 1. The van der Waals surface area contributed by atoms with Crippen LogP contribution in [0.2, 0.25) is 0 Å². The van der Waals surface area contributed by atoms with Gasteiger partial charge in [0.25, 0.3) is 0 Å². The second-order valence-electron chi connectivity index (χ2n) is 11.0. The average molecular weight is 532 g/mol. The number of nitrogens with one attached hydrogen (secondary N) is 2. The van der Waals surface area contributed by atoms with E-state index in [1.165, 1.54) is 16.7 Å². The molecule has 204 valence electrons. The second-order valence-corrected chi connectivity index (χ2v) is 11.0. The predicted octanol–water partition coefficient (Wildman–Crippen LogP) is 5.92. The molecule has 40 heavy (non-hydrogen) atoms. The first-order valence-corrected chi connectivity index (χ1v) is 14.2. The quantitative estimate of drug-likeness (QED) is 0.280. The largest absolute Gasteiger partial charge is 0.341 e. The number of dihydropyridines is 1. The van der Waals surface area contributed by atoms with E-state index in [2.05, 4.69) is 97.8 Å². The van der Waals surface area contributed by atoms with Crippen LogP contribution in [0.1, 0.15) is 59.8 Å². The Morgan fingerprint density at radius 3 is 2.65 bits per heavy atom. The smallest absolute Gasteiger partial charge is 0.121 e. The van der Waals surface area contributed by atoms with Gasteiger partial charge in [0.05, 0.1) is 40.7 Å². The lowest BCUT2D eigenvalue weighted by Crippen LogP contribution is -2.37. The lowest BCUT2D eigenvalue weighted by Gasteiger charge is -2.34. The Balaban J connectivity index is 1.16. The molecule has 2 aromatic carbocycles. The lowest BCUT2D eigenvalue weighted by molar-refractivity contribution is 0.188. The van der Waals surface area contributed by atoms with Crippen LogP contribution in [0.4, 0.5) is 0 Å². The molecule has 2 aliphatic rings. The molecule has 0 radical (unpaired) electrons. The van der Waals surface area contributed by atoms with Gasteiger partial charge in [-0.1, -0.05) is 48.6 Å². The third-order valence-corrected chi connectivity index (χ3v) is 7.94. The Kier molecular flexibility index (Phi) is 7.66. The summed E-state index contributed by atoms with van der Waals surface area (Å²) in [5.74, 6) is 1.00. The molecule has 3 heterocycles. The van der Waals surface area contributed by atoms with Crippen LogP contribution < -0.4 is 5.32 Å². The van der Waals surface area contributed by atoms with E-state index < -0.39 is 0 Å². The highest BCUT2D eigenvalue weighted by molar-refractivity contribution is 5.75. The van der Waals surface area contributed by atoms with E-state index in [0.29, 0.717) is 12.1 Å². The van der Waals surface area contributed by atoms with Gasteiger partial charge in [0.2, 0.25) is 0 Å². The van der Waals surface area contributed by atoms with Crippen molar-refractivity contribution in [2.24, 2.45) is 4.99 Å². The number of aliphatic imine (C=N–C) groups is 1. The van der Waals surface area contributed by atoms with Crippen molar-refractivity contribution in [3.8, 4) is 0 Å². The summed E-state index contributed by atoms with van der Waals surface area (Å²) in [6.45, 7) is 8.54. The van der Waals surface area contributed by atoms with Gasteiger partial charge in [0, 0.05) is 37.6 Å². The summed E-state index contributed by atoms with van der Waals surface area (Å²) in [4.78, 5) is 24.8. The third-order valence-electron chi connectivity index (χ3n) is 7.94. The number of rotatable bonds is 9. The van der Waals surface area contributed by atoms with Crippen molar-refractivity contribution in [3.05, 3.63) is 113 Å². The Morgan fingerprint density at radius 2 is 1.82 bits per heavy atom. The molecular weight excluding hydrogens is 494 g/mol. The van der Waals surface area contributed by atoms with Gasteiger partial charge in [-0.15, -0.1) is 0 Å². The van der Waals surface area contributed by atoms with E-state index in [1.54, 1.807) is 0 Å². The van der Waals surface area contributed by atoms with Gasteiger partial charge in [0.1, 0.15) is 5.82 Å². The van der Waals surface area contributed by atoms with E-state index in [1.807, 2.05) is 32.3 Å². The molecule has 1 aliphatic heterocycles. The van der Waals surface area contributed by atoms with Gasteiger partial charge in [-0.25, -0.2) is 4.98 Å². The number of benzene rings is 2. The Hall–Kier alpha value is -3.94. The molecule has 3 unspecified atom stereocenters. The number of allylic oxidation sites excluding steroid dienone is 1. The molecule has 2 N–H and O–H groups in total. The highest BCUT2D eigenvalue weighted by Gasteiger charge is 2.27. The number of hydrogen-bond donors (Lipinski definition) is 2. The fraction of sp³-hybridized carbons (Fsp3) is 0.333. The number of nitrogens with zero attached hydrogens (tertiary/aromatic N) is 5. The minimum atomic E-state index is 0.133. The first-order valence-electron chi connectivity index (χ1n) is 14.2. The zero-order valence-electron chi connectivity index (χ0n) is 23.5. The SMILES string of the molecule is Cc1cnc(C(C)NCc2ccc(CN(Cc3nc4ccccc4[nH]3)C3C=C4C=CC=NC4CC3)cc2)c(C)n1. The van der Waals surface area contributed by atoms with Crippen molar-refractivity contribution in [1.82, 2.24) is 30.2 Å². The molecule has 1 aliphatic carbocycles. The van der Waals surface area contributed by atoms with Gasteiger partial charge in [0.15, 0.2) is 0 Å². The molecule has 0 bridgehead atoms. The number of aromatic nitrogens is 4. The zero-order valence-corrected chi connectivity index (χ0v) is 23.5. The maximum absolute atomic E-state index is 4.89. The average Bonchev–Trinajstić information content (AvgIpc) is 3.38. The standard InChI is InChI=1S/C33H37N7/c1-22-18-36-33(24(3)37-22)23(2)35-19-25-10-12-26(13-11-25)20-40(21-32-38-30-8-4-5-9-31(30)39-32)28-14-15-29-27(17-28)7-6-16-34-29/h4-13,16-18,23,28-29,35H,14-15,19-21H2,1-3H3,(H,38,39). The maximum atomic E-state index is 4.89. The summed E-state index contributed by atoms with van der Waals surface area (Å²) in [6.07, 6.45) is 12.6. The molecule has 3 atom stereocenters. The van der Waals surface area contributed by atoms with Crippen LogP contribution in [0.25, 0.3) is 11.0 Å². The number of fused-ring (bicyclic) bond motifs is 2. The highest BCUT2D eigenvalue weighted by Crippen LogP contribution is 2.29. The molecule has 7 nitrogen and oxygen atoms in total. The number of aryl methyl sites for hydroxylation is 2. The second kappa shape index (κ2) is 11.7. The number of hydrogen-bond acceptors (Lipinski definition) is 6. The van der Waals surface area contributed by atoms with E-state index in [-0.39, 0.29) is 6.04 Å². The first kappa shape index (κ1) is 26.3. The van der Waals surface area contributed by atoms with Crippen molar-refractivity contribution in [2.75, 3.05) is 0 Å². The summed E-state index contributed by atoms with van der Waals surface area (Å²) < 4.78 is 0. The summed E-state index contributed by atoms with van der Waals surface area (Å²) >= 11 is 0. The van der Waals surface area contributed by atoms with Crippen LogP contribution in [-0.2, 0) is 19.6 Å². The first-order chi connectivity index (χ1) is 19.5. The van der Waals surface area contributed by atoms with Crippen LogP contribution in [0.3, 0.4) is 0 Å². The summed E-state index contributed by atoms with van der Waals surface area (Å²) in [6, 6.07) is 18.0. The van der Waals surface area contributed by atoms with Crippen molar-refractivity contribution in [2.45, 2.75) is 71.4 Å². The molecular formula is C33H37N7. The Labute approximate surface area is 236 Å². The fourth-order valence-corrected chi connectivity index (χ4v) is 5.79. The molecule has 0 fully saturated rings. The van der Waals surface area contributed by atoms with Crippen LogP contribution in [0.5, 0.6) is 0 Å². The maximum Gasteiger partial charge on any atom is 0.121 e. The van der Waals surface area contributed by atoms with Crippen LogP contribution >= 0.6 is 0 Å². The minimum absolute atomic E-state index is 0.133. The zero-order chi connectivity index (χ0) is 27.5. The van der Waals surface area contributed by atoms with Crippen molar-refractivity contribution in [1.29, 1.82) is 0 Å². The van der Waals surface area contributed by atoms with E-state index in [4.69, 9.17) is 4.98 Å². The molecule has 4 aromatic rings. The van der Waals surface area contributed by atoms with Gasteiger partial charge >= 0.3 is 0 Å². The van der Waals surface area contributed by atoms with Gasteiger partial charge in [-0.05, 0) is 68.5 Å². The highest BCUT2D eigenvalue weighted by atomic mass is 15.2. The Bertz CT molecular complexity index is 1530.